The standard InChI is InChI=1S/C15H14N2OS/c18-15-12-3-1-2-4-13(12)16-14(10-7-8-19-9-10)17(15)11-5-6-11/h1-4,7-9,11,14,16H,5-6H2. The number of benzene rings is 1. The van der Waals surface area contributed by atoms with Crippen LogP contribution in [0.25, 0.3) is 0 Å². The van der Waals surface area contributed by atoms with E-state index in [9.17, 15) is 4.79 Å². The smallest absolute Gasteiger partial charge is 0.258 e. The van der Waals surface area contributed by atoms with E-state index in [1.807, 2.05) is 29.2 Å². The SMILES string of the molecule is O=C1c2ccccc2NC(c2ccsc2)N1C1CC1. The van der Waals surface area contributed by atoms with Crippen molar-refractivity contribution in [3.05, 3.63) is 52.2 Å². The largest absolute Gasteiger partial charge is 0.361 e. The summed E-state index contributed by atoms with van der Waals surface area (Å²) in [6, 6.07) is 10.3. The Morgan fingerprint density at radius 1 is 1.21 bits per heavy atom. The zero-order chi connectivity index (χ0) is 12.8. The van der Waals surface area contributed by atoms with Gasteiger partial charge in [0, 0.05) is 17.3 Å². The minimum atomic E-state index is -0.0128. The summed E-state index contributed by atoms with van der Waals surface area (Å²) in [6.45, 7) is 0. The molecule has 2 aliphatic rings. The molecule has 1 unspecified atom stereocenters. The number of rotatable bonds is 2. The molecule has 3 nitrogen and oxygen atoms in total. The van der Waals surface area contributed by atoms with Gasteiger partial charge < -0.3 is 10.2 Å². The highest BCUT2D eigenvalue weighted by Crippen LogP contribution is 2.40. The first-order valence-corrected chi connectivity index (χ1v) is 7.49. The van der Waals surface area contributed by atoms with Gasteiger partial charge >= 0.3 is 0 Å². The number of anilines is 1. The monoisotopic (exact) mass is 270 g/mol. The molecular weight excluding hydrogens is 256 g/mol. The van der Waals surface area contributed by atoms with Gasteiger partial charge in [-0.2, -0.15) is 11.3 Å². The zero-order valence-corrected chi connectivity index (χ0v) is 11.2. The third kappa shape index (κ3) is 1.75. The summed E-state index contributed by atoms with van der Waals surface area (Å²) in [7, 11) is 0. The van der Waals surface area contributed by atoms with Crippen LogP contribution >= 0.6 is 11.3 Å². The van der Waals surface area contributed by atoms with Crippen LogP contribution in [-0.4, -0.2) is 16.8 Å². The summed E-state index contributed by atoms with van der Waals surface area (Å²) in [5.41, 5.74) is 2.92. The normalized spacial score (nSPS) is 22.0. The van der Waals surface area contributed by atoms with Crippen molar-refractivity contribution < 1.29 is 4.79 Å². The fraction of sp³-hybridized carbons (Fsp3) is 0.267. The van der Waals surface area contributed by atoms with Crippen molar-refractivity contribution in [3.63, 3.8) is 0 Å². The van der Waals surface area contributed by atoms with E-state index in [0.29, 0.717) is 6.04 Å². The van der Waals surface area contributed by atoms with E-state index < -0.39 is 0 Å². The van der Waals surface area contributed by atoms with Gasteiger partial charge in [0.1, 0.15) is 6.17 Å². The number of amides is 1. The summed E-state index contributed by atoms with van der Waals surface area (Å²) in [5, 5.41) is 7.69. The molecule has 1 saturated carbocycles. The molecule has 1 aromatic carbocycles. The van der Waals surface area contributed by atoms with Gasteiger partial charge in [-0.1, -0.05) is 12.1 Å². The van der Waals surface area contributed by atoms with Crippen LogP contribution < -0.4 is 5.32 Å². The molecule has 1 N–H and O–H groups in total. The Bertz CT molecular complexity index is 619. The summed E-state index contributed by atoms with van der Waals surface area (Å²) in [6.07, 6.45) is 2.23. The lowest BCUT2D eigenvalue weighted by Crippen LogP contribution is -2.44. The van der Waals surface area contributed by atoms with E-state index in [4.69, 9.17) is 0 Å². The highest BCUT2D eigenvalue weighted by atomic mass is 32.1. The average Bonchev–Trinajstić information content (AvgIpc) is 3.12. The molecule has 1 aliphatic heterocycles. The molecule has 4 heteroatoms. The second-order valence-corrected chi connectivity index (χ2v) is 5.87. The van der Waals surface area contributed by atoms with Crippen molar-refractivity contribution in [2.24, 2.45) is 0 Å². The lowest BCUT2D eigenvalue weighted by atomic mass is 10.0. The number of fused-ring (bicyclic) bond motifs is 1. The van der Waals surface area contributed by atoms with Crippen molar-refractivity contribution in [2.45, 2.75) is 25.0 Å². The van der Waals surface area contributed by atoms with E-state index in [1.54, 1.807) is 11.3 Å². The molecule has 0 bridgehead atoms. The molecule has 1 aliphatic carbocycles. The number of hydrogen-bond donors (Lipinski definition) is 1. The number of nitrogens with one attached hydrogen (secondary N) is 1. The quantitative estimate of drug-likeness (QED) is 0.906. The van der Waals surface area contributed by atoms with Crippen LogP contribution in [0.15, 0.2) is 41.1 Å². The minimum Gasteiger partial charge on any atom is -0.361 e. The molecule has 2 aromatic rings. The first kappa shape index (κ1) is 11.1. The number of hydrogen-bond acceptors (Lipinski definition) is 3. The maximum Gasteiger partial charge on any atom is 0.258 e. The van der Waals surface area contributed by atoms with E-state index in [0.717, 1.165) is 24.1 Å². The Labute approximate surface area is 115 Å². The lowest BCUT2D eigenvalue weighted by Gasteiger charge is -2.38. The van der Waals surface area contributed by atoms with E-state index in [2.05, 4.69) is 22.1 Å². The molecular formula is C15H14N2OS. The number of nitrogens with zero attached hydrogens (tertiary/aromatic N) is 1. The highest BCUT2D eigenvalue weighted by Gasteiger charge is 2.41. The summed E-state index contributed by atoms with van der Waals surface area (Å²) >= 11 is 1.67. The van der Waals surface area contributed by atoms with Crippen LogP contribution in [-0.2, 0) is 0 Å². The van der Waals surface area contributed by atoms with Gasteiger partial charge in [0.05, 0.1) is 5.56 Å². The van der Waals surface area contributed by atoms with E-state index in [-0.39, 0.29) is 12.1 Å². The van der Waals surface area contributed by atoms with Gasteiger partial charge in [0.25, 0.3) is 5.91 Å². The third-order valence-electron chi connectivity index (χ3n) is 3.76. The molecule has 2 heterocycles. The van der Waals surface area contributed by atoms with Gasteiger partial charge in [-0.25, -0.2) is 0 Å². The Hall–Kier alpha value is -1.81. The fourth-order valence-corrected chi connectivity index (χ4v) is 3.35. The molecule has 4 rings (SSSR count). The van der Waals surface area contributed by atoms with Crippen LogP contribution in [0.1, 0.15) is 34.9 Å². The number of para-hydroxylation sites is 1. The summed E-state index contributed by atoms with van der Waals surface area (Å²) in [4.78, 5) is 14.7. The van der Waals surface area contributed by atoms with Gasteiger partial charge in [-0.3, -0.25) is 4.79 Å². The minimum absolute atomic E-state index is 0.0128. The fourth-order valence-electron chi connectivity index (χ4n) is 2.67. The number of thiophene rings is 1. The van der Waals surface area contributed by atoms with Crippen LogP contribution in [0, 0.1) is 0 Å². The Balaban J connectivity index is 1.81. The topological polar surface area (TPSA) is 32.3 Å². The average molecular weight is 270 g/mol. The molecule has 1 aromatic heterocycles. The Kier molecular flexibility index (Phi) is 2.38. The van der Waals surface area contributed by atoms with Crippen molar-refractivity contribution in [2.75, 3.05) is 5.32 Å². The summed E-state index contributed by atoms with van der Waals surface area (Å²) in [5.74, 6) is 0.160. The molecule has 96 valence electrons. The molecule has 1 amide bonds. The first-order valence-electron chi connectivity index (χ1n) is 6.55. The zero-order valence-electron chi connectivity index (χ0n) is 10.4. The lowest BCUT2D eigenvalue weighted by molar-refractivity contribution is 0.0667. The molecule has 0 spiro atoms. The van der Waals surface area contributed by atoms with Crippen LogP contribution in [0.5, 0.6) is 0 Å². The second-order valence-electron chi connectivity index (χ2n) is 5.09. The Morgan fingerprint density at radius 3 is 2.79 bits per heavy atom. The third-order valence-corrected chi connectivity index (χ3v) is 4.46. The van der Waals surface area contributed by atoms with Gasteiger partial charge in [0.2, 0.25) is 0 Å². The van der Waals surface area contributed by atoms with Crippen molar-refractivity contribution in [3.8, 4) is 0 Å². The predicted molar refractivity (Wildman–Crippen MR) is 76.3 cm³/mol. The van der Waals surface area contributed by atoms with Crippen LogP contribution in [0.3, 0.4) is 0 Å². The summed E-state index contributed by atoms with van der Waals surface area (Å²) < 4.78 is 0. The molecule has 1 atom stereocenters. The second kappa shape index (κ2) is 4.10. The molecule has 1 fully saturated rings. The van der Waals surface area contributed by atoms with Crippen LogP contribution in [0.2, 0.25) is 0 Å². The van der Waals surface area contributed by atoms with Crippen LogP contribution in [0.4, 0.5) is 5.69 Å². The highest BCUT2D eigenvalue weighted by molar-refractivity contribution is 7.08. The molecule has 0 radical (unpaired) electrons. The van der Waals surface area contributed by atoms with E-state index in [1.165, 1.54) is 5.56 Å². The van der Waals surface area contributed by atoms with Gasteiger partial charge in [0.15, 0.2) is 0 Å². The maximum atomic E-state index is 12.7. The van der Waals surface area contributed by atoms with Crippen molar-refractivity contribution >= 4 is 22.9 Å². The number of carbonyl (C=O) groups is 1. The van der Waals surface area contributed by atoms with Crippen molar-refractivity contribution in [1.82, 2.24) is 4.90 Å². The predicted octanol–water partition coefficient (Wildman–Crippen LogP) is 3.48. The maximum absolute atomic E-state index is 12.7. The Morgan fingerprint density at radius 2 is 2.05 bits per heavy atom. The van der Waals surface area contributed by atoms with Gasteiger partial charge in [-0.05, 0) is 41.8 Å². The number of carbonyl (C=O) groups excluding carboxylic acids is 1. The van der Waals surface area contributed by atoms with Gasteiger partial charge in [-0.15, -0.1) is 0 Å². The molecule has 0 saturated heterocycles. The van der Waals surface area contributed by atoms with E-state index >= 15 is 0 Å². The van der Waals surface area contributed by atoms with Crippen molar-refractivity contribution in [1.29, 1.82) is 0 Å². The molecule has 19 heavy (non-hydrogen) atoms. The first-order chi connectivity index (χ1) is 9.34.